The molecule has 0 spiro atoms. The molecular weight excluding hydrogens is 262 g/mol. The SMILES string of the molecule is COc1ncccc1C(NN)c1ccc(C2CCC2)cc1. The number of pyridine rings is 1. The summed E-state index contributed by atoms with van der Waals surface area (Å²) in [6, 6.07) is 12.5. The largest absolute Gasteiger partial charge is 0.481 e. The Labute approximate surface area is 125 Å². The van der Waals surface area contributed by atoms with Gasteiger partial charge in [-0.2, -0.15) is 0 Å². The average molecular weight is 283 g/mol. The van der Waals surface area contributed by atoms with Crippen LogP contribution in [-0.4, -0.2) is 12.1 Å². The highest BCUT2D eigenvalue weighted by molar-refractivity contribution is 5.38. The van der Waals surface area contributed by atoms with Gasteiger partial charge in [0.25, 0.3) is 0 Å². The molecule has 4 nitrogen and oxygen atoms in total. The standard InChI is InChI=1S/C17H21N3O/c1-21-17-15(6-3-11-19-17)16(20-18)14-9-7-13(8-10-14)12-4-2-5-12/h3,6-12,16,20H,2,4-5,18H2,1H3. The van der Waals surface area contributed by atoms with Gasteiger partial charge in [-0.05, 0) is 36.0 Å². The second-order valence-electron chi connectivity index (χ2n) is 5.50. The number of aromatic nitrogens is 1. The van der Waals surface area contributed by atoms with Gasteiger partial charge in [0.15, 0.2) is 0 Å². The minimum Gasteiger partial charge on any atom is -0.481 e. The Morgan fingerprint density at radius 2 is 2.00 bits per heavy atom. The fourth-order valence-corrected chi connectivity index (χ4v) is 2.86. The van der Waals surface area contributed by atoms with Crippen molar-refractivity contribution in [2.24, 2.45) is 5.84 Å². The van der Waals surface area contributed by atoms with Crippen molar-refractivity contribution in [3.05, 3.63) is 59.3 Å². The number of rotatable bonds is 5. The predicted molar refractivity (Wildman–Crippen MR) is 83.0 cm³/mol. The van der Waals surface area contributed by atoms with Crippen LogP contribution in [0.1, 0.15) is 47.9 Å². The molecule has 2 aromatic rings. The van der Waals surface area contributed by atoms with Gasteiger partial charge in [0, 0.05) is 11.8 Å². The van der Waals surface area contributed by atoms with Crippen LogP contribution in [-0.2, 0) is 0 Å². The van der Waals surface area contributed by atoms with Crippen molar-refractivity contribution in [3.8, 4) is 5.88 Å². The van der Waals surface area contributed by atoms with Crippen molar-refractivity contribution >= 4 is 0 Å². The molecule has 0 aliphatic heterocycles. The molecule has 3 N–H and O–H groups in total. The summed E-state index contributed by atoms with van der Waals surface area (Å²) in [6.07, 6.45) is 5.70. The zero-order chi connectivity index (χ0) is 14.7. The van der Waals surface area contributed by atoms with E-state index >= 15 is 0 Å². The second kappa shape index (κ2) is 6.24. The van der Waals surface area contributed by atoms with E-state index in [0.717, 1.165) is 17.0 Å². The molecule has 1 saturated carbocycles. The van der Waals surface area contributed by atoms with Crippen LogP contribution in [0.25, 0.3) is 0 Å². The highest BCUT2D eigenvalue weighted by atomic mass is 16.5. The molecular formula is C17H21N3O. The molecule has 0 amide bonds. The van der Waals surface area contributed by atoms with Gasteiger partial charge < -0.3 is 4.74 Å². The molecule has 1 heterocycles. The molecule has 110 valence electrons. The Morgan fingerprint density at radius 3 is 2.57 bits per heavy atom. The highest BCUT2D eigenvalue weighted by Gasteiger charge is 2.21. The van der Waals surface area contributed by atoms with Crippen LogP contribution < -0.4 is 16.0 Å². The van der Waals surface area contributed by atoms with E-state index in [9.17, 15) is 0 Å². The summed E-state index contributed by atoms with van der Waals surface area (Å²) in [5.41, 5.74) is 6.36. The van der Waals surface area contributed by atoms with Crippen molar-refractivity contribution in [3.63, 3.8) is 0 Å². The van der Waals surface area contributed by atoms with E-state index in [1.54, 1.807) is 13.3 Å². The van der Waals surface area contributed by atoms with Crippen molar-refractivity contribution in [2.75, 3.05) is 7.11 Å². The Kier molecular flexibility index (Phi) is 4.18. The van der Waals surface area contributed by atoms with Gasteiger partial charge in [-0.3, -0.25) is 5.84 Å². The molecule has 4 heteroatoms. The summed E-state index contributed by atoms with van der Waals surface area (Å²) in [7, 11) is 1.62. The van der Waals surface area contributed by atoms with E-state index in [2.05, 4.69) is 34.7 Å². The minimum absolute atomic E-state index is 0.121. The summed E-state index contributed by atoms with van der Waals surface area (Å²) in [5.74, 6) is 7.11. The first kappa shape index (κ1) is 14.0. The number of benzene rings is 1. The molecule has 0 bridgehead atoms. The van der Waals surface area contributed by atoms with Crippen LogP contribution >= 0.6 is 0 Å². The third kappa shape index (κ3) is 2.77. The lowest BCUT2D eigenvalue weighted by atomic mass is 9.79. The summed E-state index contributed by atoms with van der Waals surface area (Å²) in [6.45, 7) is 0. The van der Waals surface area contributed by atoms with E-state index in [1.807, 2.05) is 12.1 Å². The van der Waals surface area contributed by atoms with E-state index in [0.29, 0.717) is 5.88 Å². The van der Waals surface area contributed by atoms with Crippen molar-refractivity contribution in [2.45, 2.75) is 31.2 Å². The number of hydrogen-bond acceptors (Lipinski definition) is 4. The fourth-order valence-electron chi connectivity index (χ4n) is 2.86. The van der Waals surface area contributed by atoms with Gasteiger partial charge in [-0.15, -0.1) is 0 Å². The molecule has 1 aromatic heterocycles. The first-order chi connectivity index (χ1) is 10.3. The number of hydrogen-bond donors (Lipinski definition) is 2. The lowest BCUT2D eigenvalue weighted by molar-refractivity contribution is 0.387. The maximum Gasteiger partial charge on any atom is 0.218 e. The number of hydrazine groups is 1. The number of methoxy groups -OCH3 is 1. The van der Waals surface area contributed by atoms with Gasteiger partial charge in [0.2, 0.25) is 5.88 Å². The van der Waals surface area contributed by atoms with Gasteiger partial charge in [0.1, 0.15) is 0 Å². The maximum absolute atomic E-state index is 5.76. The van der Waals surface area contributed by atoms with Gasteiger partial charge in [-0.25, -0.2) is 10.4 Å². The van der Waals surface area contributed by atoms with E-state index < -0.39 is 0 Å². The summed E-state index contributed by atoms with van der Waals surface area (Å²) < 4.78 is 5.33. The van der Waals surface area contributed by atoms with Gasteiger partial charge >= 0.3 is 0 Å². The molecule has 1 aliphatic carbocycles. The van der Waals surface area contributed by atoms with Gasteiger partial charge in [0.05, 0.1) is 13.2 Å². The smallest absolute Gasteiger partial charge is 0.218 e. The summed E-state index contributed by atoms with van der Waals surface area (Å²) >= 11 is 0. The van der Waals surface area contributed by atoms with E-state index in [-0.39, 0.29) is 6.04 Å². The van der Waals surface area contributed by atoms with E-state index in [4.69, 9.17) is 10.6 Å². The molecule has 1 atom stereocenters. The van der Waals surface area contributed by atoms with Crippen molar-refractivity contribution in [1.82, 2.24) is 10.4 Å². The minimum atomic E-state index is -0.121. The zero-order valence-electron chi connectivity index (χ0n) is 12.3. The monoisotopic (exact) mass is 283 g/mol. The fraction of sp³-hybridized carbons (Fsp3) is 0.353. The Balaban J connectivity index is 1.88. The van der Waals surface area contributed by atoms with Crippen LogP contribution in [0.4, 0.5) is 0 Å². The Morgan fingerprint density at radius 1 is 1.24 bits per heavy atom. The third-order valence-corrected chi connectivity index (χ3v) is 4.32. The number of nitrogens with one attached hydrogen (secondary N) is 1. The Hall–Kier alpha value is -1.91. The van der Waals surface area contributed by atoms with Crippen LogP contribution in [0.2, 0.25) is 0 Å². The van der Waals surface area contributed by atoms with Crippen molar-refractivity contribution < 1.29 is 4.74 Å². The first-order valence-corrected chi connectivity index (χ1v) is 7.38. The van der Waals surface area contributed by atoms with Crippen LogP contribution in [0.15, 0.2) is 42.6 Å². The molecule has 0 saturated heterocycles. The molecule has 0 radical (unpaired) electrons. The summed E-state index contributed by atoms with van der Waals surface area (Å²) in [4.78, 5) is 4.24. The quantitative estimate of drug-likeness (QED) is 0.654. The molecule has 1 unspecified atom stereocenters. The van der Waals surface area contributed by atoms with Crippen LogP contribution in [0, 0.1) is 0 Å². The van der Waals surface area contributed by atoms with E-state index in [1.165, 1.54) is 24.8 Å². The molecule has 1 fully saturated rings. The summed E-state index contributed by atoms with van der Waals surface area (Å²) in [5, 5.41) is 0. The number of nitrogens with two attached hydrogens (primary N) is 1. The van der Waals surface area contributed by atoms with Gasteiger partial charge in [-0.1, -0.05) is 36.8 Å². The maximum atomic E-state index is 5.76. The Bertz CT molecular complexity index is 593. The topological polar surface area (TPSA) is 60.2 Å². The molecule has 21 heavy (non-hydrogen) atoms. The third-order valence-electron chi connectivity index (χ3n) is 4.32. The van der Waals surface area contributed by atoms with Crippen LogP contribution in [0.3, 0.4) is 0 Å². The van der Waals surface area contributed by atoms with Crippen LogP contribution in [0.5, 0.6) is 5.88 Å². The molecule has 1 aliphatic rings. The lowest BCUT2D eigenvalue weighted by Crippen LogP contribution is -2.29. The zero-order valence-corrected chi connectivity index (χ0v) is 12.3. The predicted octanol–water partition coefficient (Wildman–Crippen LogP) is 2.91. The molecule has 3 rings (SSSR count). The average Bonchev–Trinajstić information content (AvgIpc) is 2.48. The number of nitrogens with zero attached hydrogens (tertiary/aromatic N) is 1. The number of ether oxygens (including phenoxy) is 1. The normalized spacial score (nSPS) is 16.3. The first-order valence-electron chi connectivity index (χ1n) is 7.38. The van der Waals surface area contributed by atoms with Crippen molar-refractivity contribution in [1.29, 1.82) is 0 Å². The molecule has 1 aromatic carbocycles. The lowest BCUT2D eigenvalue weighted by Gasteiger charge is -2.26. The second-order valence-corrected chi connectivity index (χ2v) is 5.50. The highest BCUT2D eigenvalue weighted by Crippen LogP contribution is 2.37.